The predicted octanol–water partition coefficient (Wildman–Crippen LogP) is 2.87. The van der Waals surface area contributed by atoms with Crippen molar-refractivity contribution in [2.75, 3.05) is 6.26 Å². The van der Waals surface area contributed by atoms with Gasteiger partial charge in [-0.2, -0.15) is 0 Å². The molecule has 0 amide bonds. The average molecular weight is 247 g/mol. The van der Waals surface area contributed by atoms with E-state index in [0.717, 1.165) is 9.37 Å². The van der Waals surface area contributed by atoms with Gasteiger partial charge >= 0.3 is 5.97 Å². The fraction of sp³-hybridized carbons (Fsp3) is 0.125. The number of aromatic carboxylic acids is 1. The fourth-order valence-corrected chi connectivity index (χ4v) is 2.12. The maximum absolute atomic E-state index is 10.5. The third-order valence-corrected chi connectivity index (χ3v) is 3.11. The van der Waals surface area contributed by atoms with Crippen molar-refractivity contribution in [1.29, 1.82) is 0 Å². The van der Waals surface area contributed by atoms with E-state index in [4.69, 9.17) is 5.11 Å². The molecule has 1 aromatic rings. The van der Waals surface area contributed by atoms with Crippen LogP contribution >= 0.6 is 27.7 Å². The van der Waals surface area contributed by atoms with Gasteiger partial charge in [-0.3, -0.25) is 0 Å². The minimum Gasteiger partial charge on any atom is -0.478 e. The molecule has 0 aliphatic heterocycles. The van der Waals surface area contributed by atoms with Gasteiger partial charge in [0.2, 0.25) is 0 Å². The van der Waals surface area contributed by atoms with Gasteiger partial charge in [-0.1, -0.05) is 0 Å². The van der Waals surface area contributed by atoms with Crippen molar-refractivity contribution in [3.63, 3.8) is 0 Å². The van der Waals surface area contributed by atoms with Gasteiger partial charge in [0.15, 0.2) is 0 Å². The lowest BCUT2D eigenvalue weighted by atomic mass is 10.2. The number of thioether (sulfide) groups is 1. The van der Waals surface area contributed by atoms with Crippen LogP contribution in [0.25, 0.3) is 0 Å². The Hall–Kier alpha value is -0.480. The monoisotopic (exact) mass is 246 g/mol. The van der Waals surface area contributed by atoms with Gasteiger partial charge in [0.25, 0.3) is 0 Å². The highest BCUT2D eigenvalue weighted by Gasteiger charge is 2.05. The van der Waals surface area contributed by atoms with Crippen molar-refractivity contribution < 1.29 is 9.90 Å². The molecule has 4 heteroatoms. The van der Waals surface area contributed by atoms with E-state index in [1.807, 2.05) is 6.26 Å². The minimum absolute atomic E-state index is 0.305. The Bertz CT molecular complexity index is 312. The summed E-state index contributed by atoms with van der Waals surface area (Å²) in [6.45, 7) is 0. The van der Waals surface area contributed by atoms with Gasteiger partial charge < -0.3 is 5.11 Å². The summed E-state index contributed by atoms with van der Waals surface area (Å²) < 4.78 is 0.829. The molecule has 0 fully saturated rings. The molecule has 0 spiro atoms. The van der Waals surface area contributed by atoms with Crippen LogP contribution in [0.1, 0.15) is 10.4 Å². The second kappa shape index (κ2) is 3.96. The number of benzene rings is 1. The van der Waals surface area contributed by atoms with Gasteiger partial charge in [0.1, 0.15) is 0 Å². The number of carboxylic acid groups (broad SMARTS) is 1. The van der Waals surface area contributed by atoms with E-state index < -0.39 is 5.97 Å². The van der Waals surface area contributed by atoms with Crippen LogP contribution in [0.3, 0.4) is 0 Å². The molecule has 0 atom stereocenters. The maximum Gasteiger partial charge on any atom is 0.335 e. The van der Waals surface area contributed by atoms with Crippen molar-refractivity contribution in [3.05, 3.63) is 28.2 Å². The van der Waals surface area contributed by atoms with E-state index in [0.29, 0.717) is 5.56 Å². The van der Waals surface area contributed by atoms with Crippen LogP contribution in [-0.4, -0.2) is 17.3 Å². The Morgan fingerprint density at radius 3 is 2.67 bits per heavy atom. The third kappa shape index (κ3) is 2.01. The lowest BCUT2D eigenvalue weighted by Crippen LogP contribution is -1.95. The molecule has 1 aromatic carbocycles. The summed E-state index contributed by atoms with van der Waals surface area (Å²) in [5, 5.41) is 8.65. The highest BCUT2D eigenvalue weighted by Crippen LogP contribution is 2.26. The zero-order chi connectivity index (χ0) is 9.14. The minimum atomic E-state index is -0.900. The second-order valence-electron chi connectivity index (χ2n) is 2.15. The van der Waals surface area contributed by atoms with Crippen LogP contribution in [0.15, 0.2) is 27.6 Å². The van der Waals surface area contributed by atoms with Gasteiger partial charge in [-0.25, -0.2) is 4.79 Å². The van der Waals surface area contributed by atoms with Crippen LogP contribution in [0.2, 0.25) is 0 Å². The molecule has 0 aliphatic carbocycles. The molecular formula is C8H7BrO2S. The van der Waals surface area contributed by atoms with Crippen molar-refractivity contribution >= 4 is 33.7 Å². The highest BCUT2D eigenvalue weighted by molar-refractivity contribution is 9.10. The van der Waals surface area contributed by atoms with Crippen LogP contribution in [0.4, 0.5) is 0 Å². The lowest BCUT2D eigenvalue weighted by Gasteiger charge is -2.00. The van der Waals surface area contributed by atoms with Crippen LogP contribution < -0.4 is 0 Å². The van der Waals surface area contributed by atoms with E-state index in [9.17, 15) is 4.79 Å². The van der Waals surface area contributed by atoms with Gasteiger partial charge in [0, 0.05) is 9.37 Å². The Morgan fingerprint density at radius 1 is 1.58 bits per heavy atom. The van der Waals surface area contributed by atoms with Crippen molar-refractivity contribution in [2.24, 2.45) is 0 Å². The second-order valence-corrected chi connectivity index (χ2v) is 3.86. The van der Waals surface area contributed by atoms with Crippen LogP contribution in [0.5, 0.6) is 0 Å². The molecule has 1 N–H and O–H groups in total. The molecule has 0 saturated carbocycles. The first-order valence-corrected chi connectivity index (χ1v) is 5.23. The summed E-state index contributed by atoms with van der Waals surface area (Å²) >= 11 is 4.87. The summed E-state index contributed by atoms with van der Waals surface area (Å²) in [7, 11) is 0. The molecule has 12 heavy (non-hydrogen) atoms. The summed E-state index contributed by atoms with van der Waals surface area (Å²) in [6.07, 6.45) is 1.94. The van der Waals surface area contributed by atoms with E-state index in [-0.39, 0.29) is 0 Å². The van der Waals surface area contributed by atoms with Crippen molar-refractivity contribution in [2.45, 2.75) is 4.90 Å². The molecule has 0 unspecified atom stereocenters. The van der Waals surface area contributed by atoms with Crippen molar-refractivity contribution in [1.82, 2.24) is 0 Å². The molecule has 0 aliphatic rings. The lowest BCUT2D eigenvalue weighted by molar-refractivity contribution is 0.0696. The summed E-state index contributed by atoms with van der Waals surface area (Å²) in [6, 6.07) is 4.99. The average Bonchev–Trinajstić information content (AvgIpc) is 2.04. The number of carbonyl (C=O) groups is 1. The summed E-state index contributed by atoms with van der Waals surface area (Å²) in [5.41, 5.74) is 0.305. The molecule has 0 radical (unpaired) electrons. The predicted molar refractivity (Wildman–Crippen MR) is 52.9 cm³/mol. The van der Waals surface area contributed by atoms with Gasteiger partial charge in [-0.15, -0.1) is 11.8 Å². The molecule has 2 nitrogen and oxygen atoms in total. The smallest absolute Gasteiger partial charge is 0.335 e. The zero-order valence-corrected chi connectivity index (χ0v) is 8.78. The van der Waals surface area contributed by atoms with Gasteiger partial charge in [0.05, 0.1) is 5.56 Å². The van der Waals surface area contributed by atoms with E-state index in [1.165, 1.54) is 0 Å². The largest absolute Gasteiger partial charge is 0.478 e. The molecule has 0 bridgehead atoms. The first-order chi connectivity index (χ1) is 5.65. The van der Waals surface area contributed by atoms with Crippen LogP contribution in [0, 0.1) is 0 Å². The fourth-order valence-electron chi connectivity index (χ4n) is 0.799. The highest BCUT2D eigenvalue weighted by atomic mass is 79.9. The number of halogens is 1. The van der Waals surface area contributed by atoms with Crippen molar-refractivity contribution in [3.8, 4) is 0 Å². The SMILES string of the molecule is CSc1ccc(C(=O)O)cc1Br. The number of rotatable bonds is 2. The Labute approximate surface area is 83.1 Å². The summed E-state index contributed by atoms with van der Waals surface area (Å²) in [4.78, 5) is 11.6. The first-order valence-electron chi connectivity index (χ1n) is 3.22. The van der Waals surface area contributed by atoms with E-state index in [2.05, 4.69) is 15.9 Å². The maximum atomic E-state index is 10.5. The number of carboxylic acids is 1. The van der Waals surface area contributed by atoms with Crippen LogP contribution in [-0.2, 0) is 0 Å². The number of hydrogen-bond donors (Lipinski definition) is 1. The quantitative estimate of drug-likeness (QED) is 0.816. The zero-order valence-electron chi connectivity index (χ0n) is 6.37. The first kappa shape index (κ1) is 9.61. The Kier molecular flexibility index (Phi) is 3.17. The van der Waals surface area contributed by atoms with E-state index in [1.54, 1.807) is 30.0 Å². The molecule has 1 rings (SSSR count). The Balaban J connectivity index is 3.10. The third-order valence-electron chi connectivity index (χ3n) is 1.40. The molecule has 0 aromatic heterocycles. The molecule has 0 heterocycles. The molecular weight excluding hydrogens is 240 g/mol. The normalized spacial score (nSPS) is 9.83. The van der Waals surface area contributed by atoms with Gasteiger partial charge in [-0.05, 0) is 40.4 Å². The number of hydrogen-bond acceptors (Lipinski definition) is 2. The topological polar surface area (TPSA) is 37.3 Å². The Morgan fingerprint density at radius 2 is 2.25 bits per heavy atom. The summed E-state index contributed by atoms with van der Waals surface area (Å²) in [5.74, 6) is -0.900. The standard InChI is InChI=1S/C8H7BrO2S/c1-12-7-3-2-5(8(10)11)4-6(7)9/h2-4H,1H3,(H,10,11). The molecule has 64 valence electrons. The van der Waals surface area contributed by atoms with E-state index >= 15 is 0 Å². The molecule has 0 saturated heterocycles.